The zero-order valence-corrected chi connectivity index (χ0v) is 12.1. The summed E-state index contributed by atoms with van der Waals surface area (Å²) in [5.41, 5.74) is 1.55. The van der Waals surface area contributed by atoms with E-state index in [1.807, 2.05) is 30.3 Å². The summed E-state index contributed by atoms with van der Waals surface area (Å²) in [5, 5.41) is 6.48. The van der Waals surface area contributed by atoms with Gasteiger partial charge < -0.3 is 5.32 Å². The van der Waals surface area contributed by atoms with E-state index in [-0.39, 0.29) is 11.6 Å². The number of halogens is 1. The molecule has 23 heavy (non-hydrogen) atoms. The van der Waals surface area contributed by atoms with Gasteiger partial charge in [0.15, 0.2) is 5.82 Å². The van der Waals surface area contributed by atoms with Crippen LogP contribution in [0.3, 0.4) is 0 Å². The molecule has 0 bridgehead atoms. The van der Waals surface area contributed by atoms with Crippen LogP contribution >= 0.6 is 0 Å². The minimum Gasteiger partial charge on any atom is -0.322 e. The predicted molar refractivity (Wildman–Crippen MR) is 85.4 cm³/mol. The Labute approximate surface area is 132 Å². The summed E-state index contributed by atoms with van der Waals surface area (Å²) < 4.78 is 15.4. The summed E-state index contributed by atoms with van der Waals surface area (Å²) >= 11 is 0. The third kappa shape index (κ3) is 3.68. The van der Waals surface area contributed by atoms with Crippen LogP contribution in [-0.2, 0) is 4.79 Å². The number of rotatable bonds is 4. The molecule has 1 aromatic heterocycles. The fourth-order valence-electron chi connectivity index (χ4n) is 2.02. The summed E-state index contributed by atoms with van der Waals surface area (Å²) in [6, 6.07) is 13.8. The average molecular weight is 308 g/mol. The van der Waals surface area contributed by atoms with Crippen LogP contribution in [0, 0.1) is 5.82 Å². The van der Waals surface area contributed by atoms with Crippen molar-refractivity contribution in [2.75, 3.05) is 5.32 Å². The molecule has 0 aliphatic carbocycles. The van der Waals surface area contributed by atoms with E-state index < -0.39 is 5.82 Å². The van der Waals surface area contributed by atoms with Crippen molar-refractivity contribution in [2.45, 2.75) is 0 Å². The molecule has 0 unspecified atom stereocenters. The Morgan fingerprint density at radius 3 is 2.70 bits per heavy atom. The third-order valence-corrected chi connectivity index (χ3v) is 3.11. The van der Waals surface area contributed by atoms with E-state index in [1.165, 1.54) is 35.5 Å². The van der Waals surface area contributed by atoms with Gasteiger partial charge in [-0.25, -0.2) is 14.1 Å². The van der Waals surface area contributed by atoms with E-state index in [0.717, 1.165) is 5.56 Å². The Kier molecular flexibility index (Phi) is 4.24. The number of amides is 1. The highest BCUT2D eigenvalue weighted by Crippen LogP contribution is 2.17. The van der Waals surface area contributed by atoms with Gasteiger partial charge in [-0.1, -0.05) is 30.3 Å². The van der Waals surface area contributed by atoms with Gasteiger partial charge in [0.05, 0.1) is 0 Å². The summed E-state index contributed by atoms with van der Waals surface area (Å²) in [6.45, 7) is 0. The fourth-order valence-corrected chi connectivity index (χ4v) is 2.02. The maximum Gasteiger partial charge on any atom is 0.248 e. The highest BCUT2D eigenvalue weighted by atomic mass is 19.1. The number of anilines is 1. The minimum atomic E-state index is -0.500. The Morgan fingerprint density at radius 1 is 1.17 bits per heavy atom. The summed E-state index contributed by atoms with van der Waals surface area (Å²) in [4.78, 5) is 15.6. The van der Waals surface area contributed by atoms with Crippen LogP contribution in [-0.4, -0.2) is 20.7 Å². The number of nitrogens with zero attached hydrogens (tertiary/aromatic N) is 3. The number of aromatic nitrogens is 3. The summed E-state index contributed by atoms with van der Waals surface area (Å²) in [7, 11) is 0. The SMILES string of the molecule is O=C(/C=C/c1ccccc1)Nc1ccc(-n2cncn2)c(F)c1. The minimum absolute atomic E-state index is 0.264. The van der Waals surface area contributed by atoms with Crippen molar-refractivity contribution in [3.63, 3.8) is 0 Å². The number of nitrogens with one attached hydrogen (secondary N) is 1. The van der Waals surface area contributed by atoms with Gasteiger partial charge in [-0.3, -0.25) is 4.79 Å². The van der Waals surface area contributed by atoms with Crippen molar-refractivity contribution in [2.24, 2.45) is 0 Å². The maximum atomic E-state index is 14.1. The van der Waals surface area contributed by atoms with Crippen molar-refractivity contribution in [1.29, 1.82) is 0 Å². The topological polar surface area (TPSA) is 59.8 Å². The van der Waals surface area contributed by atoms with Crippen molar-refractivity contribution in [1.82, 2.24) is 14.8 Å². The molecule has 0 spiro atoms. The molecule has 3 rings (SSSR count). The molecule has 6 heteroatoms. The average Bonchev–Trinajstić information content (AvgIpc) is 3.08. The monoisotopic (exact) mass is 308 g/mol. The standard InChI is InChI=1S/C17H13FN4O/c18-15-10-14(7-8-16(15)22-12-19-11-20-22)21-17(23)9-6-13-4-2-1-3-5-13/h1-12H,(H,21,23)/b9-6+. The molecule has 1 N–H and O–H groups in total. The normalized spacial score (nSPS) is 10.8. The molecule has 0 atom stereocenters. The highest BCUT2D eigenvalue weighted by molar-refractivity contribution is 6.01. The van der Waals surface area contributed by atoms with Gasteiger partial charge in [-0.2, -0.15) is 5.10 Å². The molecular formula is C17H13FN4O. The number of carbonyl (C=O) groups is 1. The molecular weight excluding hydrogens is 295 g/mol. The quantitative estimate of drug-likeness (QED) is 0.754. The van der Waals surface area contributed by atoms with Crippen LogP contribution in [0.15, 0.2) is 67.3 Å². The Morgan fingerprint density at radius 2 is 2.00 bits per heavy atom. The molecule has 0 saturated heterocycles. The summed E-state index contributed by atoms with van der Waals surface area (Å²) in [5.74, 6) is -0.831. The number of carbonyl (C=O) groups excluding carboxylic acids is 1. The zero-order valence-electron chi connectivity index (χ0n) is 12.1. The van der Waals surface area contributed by atoms with Crippen LogP contribution in [0.5, 0.6) is 0 Å². The number of hydrogen-bond acceptors (Lipinski definition) is 3. The molecule has 0 aliphatic rings. The molecule has 1 amide bonds. The first-order valence-electron chi connectivity index (χ1n) is 6.91. The van der Waals surface area contributed by atoms with E-state index in [0.29, 0.717) is 5.69 Å². The van der Waals surface area contributed by atoms with Crippen LogP contribution < -0.4 is 5.32 Å². The van der Waals surface area contributed by atoms with Crippen molar-refractivity contribution in [3.8, 4) is 5.69 Å². The second-order valence-electron chi connectivity index (χ2n) is 4.74. The van der Waals surface area contributed by atoms with Crippen LogP contribution in [0.2, 0.25) is 0 Å². The lowest BCUT2D eigenvalue weighted by Gasteiger charge is -2.06. The number of hydrogen-bond donors (Lipinski definition) is 1. The first kappa shape index (κ1) is 14.6. The Hall–Kier alpha value is -3.28. The molecule has 2 aromatic carbocycles. The van der Waals surface area contributed by atoms with E-state index in [9.17, 15) is 9.18 Å². The van der Waals surface area contributed by atoms with Crippen LogP contribution in [0.1, 0.15) is 5.56 Å². The van der Waals surface area contributed by atoms with Gasteiger partial charge in [0.2, 0.25) is 5.91 Å². The zero-order chi connectivity index (χ0) is 16.1. The van der Waals surface area contributed by atoms with Gasteiger partial charge in [0, 0.05) is 11.8 Å². The lowest BCUT2D eigenvalue weighted by atomic mass is 10.2. The molecule has 0 fully saturated rings. The molecule has 0 aliphatic heterocycles. The van der Waals surface area contributed by atoms with Gasteiger partial charge in [-0.15, -0.1) is 0 Å². The molecule has 5 nitrogen and oxygen atoms in total. The maximum absolute atomic E-state index is 14.1. The summed E-state index contributed by atoms with van der Waals surface area (Å²) in [6.07, 6.45) is 5.82. The van der Waals surface area contributed by atoms with Crippen molar-refractivity contribution >= 4 is 17.7 Å². The van der Waals surface area contributed by atoms with Crippen LogP contribution in [0.25, 0.3) is 11.8 Å². The highest BCUT2D eigenvalue weighted by Gasteiger charge is 2.07. The van der Waals surface area contributed by atoms with Crippen molar-refractivity contribution in [3.05, 3.63) is 78.6 Å². The molecule has 0 saturated carbocycles. The largest absolute Gasteiger partial charge is 0.322 e. The fraction of sp³-hybridized carbons (Fsp3) is 0. The lowest BCUT2D eigenvalue weighted by Crippen LogP contribution is -2.08. The van der Waals surface area contributed by atoms with Crippen LogP contribution in [0.4, 0.5) is 10.1 Å². The molecule has 3 aromatic rings. The van der Waals surface area contributed by atoms with Gasteiger partial charge in [0.25, 0.3) is 0 Å². The molecule has 0 radical (unpaired) electrons. The number of benzene rings is 2. The lowest BCUT2D eigenvalue weighted by molar-refractivity contribution is -0.111. The molecule has 114 valence electrons. The Bertz CT molecular complexity index is 829. The van der Waals surface area contributed by atoms with Crippen molar-refractivity contribution < 1.29 is 9.18 Å². The van der Waals surface area contributed by atoms with E-state index in [4.69, 9.17) is 0 Å². The Balaban J connectivity index is 1.70. The first-order valence-corrected chi connectivity index (χ1v) is 6.91. The molecule has 1 heterocycles. The van der Waals surface area contributed by atoms with Gasteiger partial charge in [-0.05, 0) is 29.8 Å². The first-order chi connectivity index (χ1) is 11.2. The second-order valence-corrected chi connectivity index (χ2v) is 4.74. The van der Waals surface area contributed by atoms with E-state index in [2.05, 4.69) is 15.4 Å². The van der Waals surface area contributed by atoms with Gasteiger partial charge >= 0.3 is 0 Å². The van der Waals surface area contributed by atoms with Gasteiger partial charge in [0.1, 0.15) is 18.3 Å². The van der Waals surface area contributed by atoms with E-state index in [1.54, 1.807) is 12.1 Å². The van der Waals surface area contributed by atoms with E-state index >= 15 is 0 Å². The predicted octanol–water partition coefficient (Wildman–Crippen LogP) is 3.06. The second kappa shape index (κ2) is 6.65. The smallest absolute Gasteiger partial charge is 0.248 e. The third-order valence-electron chi connectivity index (χ3n) is 3.11.